The molecule has 10 N–H and O–H groups in total. The van der Waals surface area contributed by atoms with Gasteiger partial charge in [-0.25, -0.2) is 15.0 Å². The lowest BCUT2D eigenvalue weighted by atomic mass is 10.1. The lowest BCUT2D eigenvalue weighted by molar-refractivity contribution is -0.142. The van der Waals surface area contributed by atoms with Crippen LogP contribution in [0.2, 0.25) is 0 Å². The number of nitrogens with two attached hydrogens (primary N) is 1. The molecule has 4 heterocycles. The quantitative estimate of drug-likeness (QED) is 0.0740. The molecular formula is C27H36N12O7. The summed E-state index contributed by atoms with van der Waals surface area (Å²) in [6, 6.07) is -4.42. The van der Waals surface area contributed by atoms with Crippen molar-refractivity contribution in [2.24, 2.45) is 5.73 Å². The molecule has 0 radical (unpaired) electrons. The maximum Gasteiger partial charge on any atom is 0.322 e. The minimum absolute atomic E-state index is 0.00291. The van der Waals surface area contributed by atoms with E-state index >= 15 is 0 Å². The summed E-state index contributed by atoms with van der Waals surface area (Å²) >= 11 is 0. The first-order chi connectivity index (χ1) is 22.1. The van der Waals surface area contributed by atoms with E-state index in [1.807, 2.05) is 0 Å². The van der Waals surface area contributed by atoms with Gasteiger partial charge >= 0.3 is 5.97 Å². The average Bonchev–Trinajstić information content (AvgIpc) is 3.86. The molecule has 0 aromatic carbocycles. The first-order valence-electron chi connectivity index (χ1n) is 14.5. The highest BCUT2D eigenvalue weighted by molar-refractivity contribution is 5.96. The lowest BCUT2D eigenvalue weighted by Crippen LogP contribution is -2.59. The molecule has 0 bridgehead atoms. The van der Waals surface area contributed by atoms with Gasteiger partial charge in [0.1, 0.15) is 30.7 Å². The molecule has 0 aliphatic carbocycles. The van der Waals surface area contributed by atoms with Crippen LogP contribution in [0.5, 0.6) is 0 Å². The number of carboxylic acid groups (broad SMARTS) is 1. The summed E-state index contributed by atoms with van der Waals surface area (Å²) < 4.78 is 0. The highest BCUT2D eigenvalue weighted by Crippen LogP contribution is 2.20. The van der Waals surface area contributed by atoms with Crippen LogP contribution in [0.4, 0.5) is 0 Å². The van der Waals surface area contributed by atoms with Gasteiger partial charge in [0.05, 0.1) is 25.5 Å². The van der Waals surface area contributed by atoms with Crippen molar-refractivity contribution in [1.82, 2.24) is 56.1 Å². The van der Waals surface area contributed by atoms with Gasteiger partial charge in [0.15, 0.2) is 0 Å². The predicted octanol–water partition coefficient (Wildman–Crippen LogP) is -3.51. The molecule has 1 fully saturated rings. The molecular weight excluding hydrogens is 604 g/mol. The molecule has 246 valence electrons. The first-order valence-corrected chi connectivity index (χ1v) is 14.5. The van der Waals surface area contributed by atoms with Crippen LogP contribution in [-0.4, -0.2) is 119 Å². The van der Waals surface area contributed by atoms with E-state index in [1.54, 1.807) is 0 Å². The predicted molar refractivity (Wildman–Crippen MR) is 157 cm³/mol. The van der Waals surface area contributed by atoms with Gasteiger partial charge in [-0.05, 0) is 12.8 Å². The standard InChI is InChI=1S/C27H36N12O7/c28-7-22(40)36-19(5-16-9-30-13-34-16)25(44)38-20(6-17-10-31-14-35-17)27(46)39-3-1-2-21(39)26(45)37-18(4-15-8-29-12-33-15)24(43)32-11-23(41)42/h8-10,12-14,18-21H,1-7,11,28H2,(H,29,33)(H,30,34)(H,31,35)(H,32,43)(H,36,40)(H,37,45)(H,38,44)(H,41,42). The van der Waals surface area contributed by atoms with E-state index in [0.29, 0.717) is 23.5 Å². The molecule has 1 aliphatic rings. The zero-order valence-electron chi connectivity index (χ0n) is 24.7. The van der Waals surface area contributed by atoms with Gasteiger partial charge in [0.25, 0.3) is 0 Å². The Balaban J connectivity index is 1.51. The minimum Gasteiger partial charge on any atom is -0.480 e. The Bertz CT molecular complexity index is 1480. The number of amides is 5. The second-order valence-corrected chi connectivity index (χ2v) is 10.6. The number of aromatic amines is 3. The highest BCUT2D eigenvalue weighted by atomic mass is 16.4. The van der Waals surface area contributed by atoms with Crippen molar-refractivity contribution in [1.29, 1.82) is 0 Å². The number of rotatable bonds is 16. The van der Waals surface area contributed by atoms with Crippen LogP contribution < -0.4 is 27.0 Å². The van der Waals surface area contributed by atoms with Crippen molar-refractivity contribution in [2.45, 2.75) is 56.3 Å². The van der Waals surface area contributed by atoms with Crippen molar-refractivity contribution in [2.75, 3.05) is 19.6 Å². The van der Waals surface area contributed by atoms with E-state index in [9.17, 15) is 28.8 Å². The number of hydrogen-bond acceptors (Lipinski definition) is 10. The third-order valence-corrected chi connectivity index (χ3v) is 7.27. The zero-order chi connectivity index (χ0) is 33.1. The Morgan fingerprint density at radius 1 is 0.826 bits per heavy atom. The summed E-state index contributed by atoms with van der Waals surface area (Å²) in [6.07, 6.45) is 9.48. The van der Waals surface area contributed by atoms with E-state index in [-0.39, 0.29) is 38.8 Å². The summed E-state index contributed by atoms with van der Waals surface area (Å²) in [5.74, 6) is -4.42. The van der Waals surface area contributed by atoms with Crippen LogP contribution in [0, 0.1) is 0 Å². The molecule has 1 aliphatic heterocycles. The van der Waals surface area contributed by atoms with Crippen LogP contribution in [0.25, 0.3) is 0 Å². The number of nitrogens with zero attached hydrogens (tertiary/aromatic N) is 4. The Kier molecular flexibility index (Phi) is 11.5. The van der Waals surface area contributed by atoms with Crippen molar-refractivity contribution < 1.29 is 33.9 Å². The molecule has 3 aromatic rings. The van der Waals surface area contributed by atoms with Gasteiger partial charge < -0.3 is 52.0 Å². The smallest absolute Gasteiger partial charge is 0.322 e. The summed E-state index contributed by atoms with van der Waals surface area (Å²) in [4.78, 5) is 98.8. The number of carbonyl (C=O) groups is 6. The Morgan fingerprint density at radius 3 is 1.87 bits per heavy atom. The SMILES string of the molecule is NCC(=O)NC(Cc1cnc[nH]1)C(=O)NC(Cc1cnc[nH]1)C(=O)N1CCCC1C(=O)NC(Cc1cnc[nH]1)C(=O)NCC(=O)O. The van der Waals surface area contributed by atoms with Crippen LogP contribution in [0.15, 0.2) is 37.6 Å². The van der Waals surface area contributed by atoms with Crippen molar-refractivity contribution in [3.05, 3.63) is 54.7 Å². The van der Waals surface area contributed by atoms with Gasteiger partial charge in [-0.3, -0.25) is 28.8 Å². The fourth-order valence-corrected chi connectivity index (χ4v) is 5.05. The molecule has 4 atom stereocenters. The second-order valence-electron chi connectivity index (χ2n) is 10.6. The number of H-pyrrole nitrogens is 3. The zero-order valence-corrected chi connectivity index (χ0v) is 24.7. The number of aliphatic carboxylic acids is 1. The molecule has 3 aromatic heterocycles. The summed E-state index contributed by atoms with van der Waals surface area (Å²) in [5, 5.41) is 19.2. The molecule has 19 nitrogen and oxygen atoms in total. The van der Waals surface area contributed by atoms with Gasteiger partial charge in [0.2, 0.25) is 29.5 Å². The molecule has 0 spiro atoms. The van der Waals surface area contributed by atoms with Gasteiger partial charge in [0, 0.05) is 61.5 Å². The van der Waals surface area contributed by atoms with E-state index in [1.165, 1.54) is 42.5 Å². The fourth-order valence-electron chi connectivity index (χ4n) is 5.05. The van der Waals surface area contributed by atoms with E-state index in [2.05, 4.69) is 51.2 Å². The van der Waals surface area contributed by atoms with Crippen LogP contribution in [0.1, 0.15) is 29.9 Å². The molecule has 4 unspecified atom stereocenters. The summed E-state index contributed by atoms with van der Waals surface area (Å²) in [7, 11) is 0. The molecule has 19 heteroatoms. The number of carbonyl (C=O) groups excluding carboxylic acids is 5. The van der Waals surface area contributed by atoms with Crippen LogP contribution in [0.3, 0.4) is 0 Å². The second kappa shape index (κ2) is 15.9. The Hall–Kier alpha value is -5.59. The Labute approximate surface area is 261 Å². The fraction of sp³-hybridized carbons (Fsp3) is 0.444. The maximum atomic E-state index is 14.0. The van der Waals surface area contributed by atoms with E-state index < -0.39 is 66.2 Å². The van der Waals surface area contributed by atoms with Crippen molar-refractivity contribution >= 4 is 35.5 Å². The number of imidazole rings is 3. The first kappa shape index (κ1) is 33.3. The Morgan fingerprint density at radius 2 is 1.37 bits per heavy atom. The van der Waals surface area contributed by atoms with Gasteiger partial charge in [-0.1, -0.05) is 0 Å². The molecule has 5 amide bonds. The number of aromatic nitrogens is 6. The van der Waals surface area contributed by atoms with Crippen molar-refractivity contribution in [3.63, 3.8) is 0 Å². The maximum absolute atomic E-state index is 14.0. The number of hydrogen-bond donors (Lipinski definition) is 9. The summed E-state index contributed by atoms with van der Waals surface area (Å²) in [6.45, 7) is -0.808. The highest BCUT2D eigenvalue weighted by Gasteiger charge is 2.40. The third kappa shape index (κ3) is 9.21. The normalized spacial score (nSPS) is 16.2. The lowest BCUT2D eigenvalue weighted by Gasteiger charge is -2.30. The topological polar surface area (TPSA) is 286 Å². The molecule has 46 heavy (non-hydrogen) atoms. The average molecular weight is 641 g/mol. The monoisotopic (exact) mass is 640 g/mol. The largest absolute Gasteiger partial charge is 0.480 e. The van der Waals surface area contributed by atoms with E-state index in [0.717, 1.165) is 0 Å². The summed E-state index contributed by atoms with van der Waals surface area (Å²) in [5.41, 5.74) is 7.06. The van der Waals surface area contributed by atoms with Crippen LogP contribution >= 0.6 is 0 Å². The minimum atomic E-state index is -1.26. The third-order valence-electron chi connectivity index (χ3n) is 7.27. The van der Waals surface area contributed by atoms with Crippen molar-refractivity contribution in [3.8, 4) is 0 Å². The van der Waals surface area contributed by atoms with E-state index in [4.69, 9.17) is 10.8 Å². The molecule has 1 saturated heterocycles. The number of carboxylic acids is 1. The van der Waals surface area contributed by atoms with Crippen LogP contribution in [-0.2, 0) is 48.0 Å². The van der Waals surface area contributed by atoms with Gasteiger partial charge in [-0.15, -0.1) is 0 Å². The molecule has 0 saturated carbocycles. The number of likely N-dealkylation sites (tertiary alicyclic amines) is 1. The molecule has 4 rings (SSSR count). The van der Waals surface area contributed by atoms with Gasteiger partial charge in [-0.2, -0.15) is 0 Å². The number of nitrogens with one attached hydrogen (secondary N) is 7.